The van der Waals surface area contributed by atoms with Crippen LogP contribution in [-0.4, -0.2) is 107 Å². The summed E-state index contributed by atoms with van der Waals surface area (Å²) in [5.41, 5.74) is 0.519. The van der Waals surface area contributed by atoms with Crippen LogP contribution >= 0.6 is 0 Å². The molecule has 1 aromatic rings. The second-order valence-electron chi connectivity index (χ2n) is 9.10. The van der Waals surface area contributed by atoms with E-state index in [4.69, 9.17) is 9.47 Å². The molecule has 0 aromatic heterocycles. The van der Waals surface area contributed by atoms with Gasteiger partial charge in [-0.2, -0.15) is 0 Å². The zero-order valence-corrected chi connectivity index (χ0v) is 22.0. The summed E-state index contributed by atoms with van der Waals surface area (Å²) >= 11 is 0. The Balaban J connectivity index is 2.47. The van der Waals surface area contributed by atoms with Crippen LogP contribution in [0.5, 0.6) is 5.75 Å². The lowest BCUT2D eigenvalue weighted by Gasteiger charge is -2.36. The van der Waals surface area contributed by atoms with Gasteiger partial charge in [0.1, 0.15) is 12.4 Å². The molecule has 0 unspecified atom stereocenters. The average Bonchev–Trinajstić information content (AvgIpc) is 2.77. The summed E-state index contributed by atoms with van der Waals surface area (Å²) in [5.74, 6) is -0.138. The van der Waals surface area contributed by atoms with E-state index in [-0.39, 0.29) is 60.0 Å². The van der Waals surface area contributed by atoms with E-state index in [9.17, 15) is 18.0 Å². The van der Waals surface area contributed by atoms with Gasteiger partial charge in [-0.05, 0) is 46.1 Å². The smallest absolute Gasteiger partial charge is 0.257 e. The number of fused-ring (bicyclic) bond motifs is 1. The number of benzene rings is 1. The molecule has 0 spiro atoms. The van der Waals surface area contributed by atoms with Crippen LogP contribution < -0.4 is 9.46 Å². The van der Waals surface area contributed by atoms with E-state index >= 15 is 0 Å². The number of nitrogens with zero attached hydrogens (tertiary/aromatic N) is 3. The highest BCUT2D eigenvalue weighted by Gasteiger charge is 2.30. The monoisotopic (exact) mass is 498 g/mol. The summed E-state index contributed by atoms with van der Waals surface area (Å²) in [6.07, 6.45) is -0.304. The largest absolute Gasteiger partial charge is 0.491 e. The minimum Gasteiger partial charge on any atom is -0.491 e. The fraction of sp³-hybridized carbons (Fsp3) is 0.652. The molecule has 1 aliphatic heterocycles. The average molecular weight is 499 g/mol. The van der Waals surface area contributed by atoms with E-state index in [1.165, 1.54) is 17.9 Å². The molecule has 10 nitrogen and oxygen atoms in total. The Hall–Kier alpha value is -2.37. The van der Waals surface area contributed by atoms with Crippen molar-refractivity contribution in [3.8, 4) is 5.75 Å². The molecule has 0 radical (unpaired) electrons. The van der Waals surface area contributed by atoms with Crippen LogP contribution in [-0.2, 0) is 19.6 Å². The third-order valence-corrected chi connectivity index (χ3v) is 7.18. The second kappa shape index (κ2) is 11.9. The number of nitrogens with one attached hydrogen (secondary N) is 1. The molecular formula is C23H38N4O6S. The number of rotatable bonds is 6. The summed E-state index contributed by atoms with van der Waals surface area (Å²) in [6.45, 7) is 6.64. The van der Waals surface area contributed by atoms with Crippen LogP contribution in [0.4, 0.5) is 5.69 Å². The molecule has 2 amide bonds. The summed E-state index contributed by atoms with van der Waals surface area (Å²) in [7, 11) is 3.44. The number of carbonyl (C=O) groups excluding carboxylic acids is 2. The maximum atomic E-state index is 13.3. The Morgan fingerprint density at radius 3 is 2.53 bits per heavy atom. The van der Waals surface area contributed by atoms with Crippen molar-refractivity contribution in [3.05, 3.63) is 23.8 Å². The predicted octanol–water partition coefficient (Wildman–Crippen LogP) is 1.34. The Bertz CT molecular complexity index is 968. The fourth-order valence-electron chi connectivity index (χ4n) is 3.80. The SMILES string of the molecule is CCS(=O)(=O)Nc1ccc2c(c1)C(=O)N(C)C[C@@H](OC)[C@H](C)CN(C(=O)CN(C)C)[C@@H](C)CO2. The number of ether oxygens (including phenoxy) is 2. The molecule has 0 saturated carbocycles. The molecule has 1 heterocycles. The molecular weight excluding hydrogens is 460 g/mol. The molecule has 1 aromatic carbocycles. The zero-order chi connectivity index (χ0) is 25.6. The van der Waals surface area contributed by atoms with Crippen molar-refractivity contribution in [1.29, 1.82) is 0 Å². The number of sulfonamides is 1. The van der Waals surface area contributed by atoms with Crippen molar-refractivity contribution in [2.24, 2.45) is 5.92 Å². The number of carbonyl (C=O) groups is 2. The number of anilines is 1. The van der Waals surface area contributed by atoms with E-state index in [1.54, 1.807) is 31.2 Å². The molecule has 0 aliphatic carbocycles. The second-order valence-corrected chi connectivity index (χ2v) is 11.1. The van der Waals surface area contributed by atoms with Crippen molar-refractivity contribution in [1.82, 2.24) is 14.7 Å². The molecule has 1 aliphatic rings. The quantitative estimate of drug-likeness (QED) is 0.631. The first-order chi connectivity index (χ1) is 15.9. The van der Waals surface area contributed by atoms with Crippen LogP contribution in [0, 0.1) is 5.92 Å². The summed E-state index contributed by atoms with van der Waals surface area (Å²) in [6, 6.07) is 4.36. The van der Waals surface area contributed by atoms with Crippen LogP contribution in [0.2, 0.25) is 0 Å². The van der Waals surface area contributed by atoms with Gasteiger partial charge in [0.05, 0.1) is 30.0 Å². The van der Waals surface area contributed by atoms with E-state index in [0.29, 0.717) is 18.8 Å². The van der Waals surface area contributed by atoms with E-state index in [0.717, 1.165) is 0 Å². The van der Waals surface area contributed by atoms with Crippen molar-refractivity contribution in [2.75, 3.05) is 65.0 Å². The van der Waals surface area contributed by atoms with Crippen molar-refractivity contribution < 1.29 is 27.5 Å². The third-order valence-electron chi connectivity index (χ3n) is 5.87. The lowest BCUT2D eigenvalue weighted by Crippen LogP contribution is -2.50. The molecule has 1 N–H and O–H groups in total. The lowest BCUT2D eigenvalue weighted by atomic mass is 10.0. The number of hydrogen-bond acceptors (Lipinski definition) is 7. The predicted molar refractivity (Wildman–Crippen MR) is 132 cm³/mol. The van der Waals surface area contributed by atoms with E-state index in [1.807, 2.05) is 32.8 Å². The topological polar surface area (TPSA) is 108 Å². The lowest BCUT2D eigenvalue weighted by molar-refractivity contribution is -0.136. The van der Waals surface area contributed by atoms with E-state index < -0.39 is 10.0 Å². The first-order valence-corrected chi connectivity index (χ1v) is 13.0. The Morgan fingerprint density at radius 1 is 1.26 bits per heavy atom. The molecule has 192 valence electrons. The Labute approximate surface area is 203 Å². The molecule has 0 fully saturated rings. The standard InChI is InChI=1S/C23H38N4O6S/c1-8-34(30,31)24-18-9-10-20-19(11-18)23(29)26(6)13-21(32-7)16(2)12-27(17(3)15-33-20)22(28)14-25(4)5/h9-11,16-17,21,24H,8,12-15H2,1-7H3/t16-,17+,21-/m1/s1. The van der Waals surface area contributed by atoms with Gasteiger partial charge in [0.2, 0.25) is 15.9 Å². The van der Waals surface area contributed by atoms with Crippen molar-refractivity contribution in [3.63, 3.8) is 0 Å². The Kier molecular flexibility index (Phi) is 9.72. The summed E-state index contributed by atoms with van der Waals surface area (Å²) < 4.78 is 38.3. The van der Waals surface area contributed by atoms with Crippen LogP contribution in [0.1, 0.15) is 31.1 Å². The normalized spacial score (nSPS) is 22.5. The van der Waals surface area contributed by atoms with Crippen LogP contribution in [0.25, 0.3) is 0 Å². The number of hydrogen-bond donors (Lipinski definition) is 1. The van der Waals surface area contributed by atoms with Gasteiger partial charge in [-0.1, -0.05) is 6.92 Å². The van der Waals surface area contributed by atoms with Gasteiger partial charge in [-0.25, -0.2) is 8.42 Å². The van der Waals surface area contributed by atoms with Gasteiger partial charge in [-0.15, -0.1) is 0 Å². The number of amides is 2. The number of methoxy groups -OCH3 is 1. The minimum atomic E-state index is -3.51. The zero-order valence-electron chi connectivity index (χ0n) is 21.2. The number of likely N-dealkylation sites (N-methyl/N-ethyl adjacent to an activating group) is 2. The van der Waals surface area contributed by atoms with Gasteiger partial charge >= 0.3 is 0 Å². The van der Waals surface area contributed by atoms with Gasteiger partial charge < -0.3 is 24.2 Å². The molecule has 0 saturated heterocycles. The molecule has 0 bridgehead atoms. The third kappa shape index (κ3) is 7.31. The minimum absolute atomic E-state index is 0.0196. The maximum Gasteiger partial charge on any atom is 0.257 e. The van der Waals surface area contributed by atoms with E-state index in [2.05, 4.69) is 4.72 Å². The first kappa shape index (κ1) is 27.9. The molecule has 3 atom stereocenters. The highest BCUT2D eigenvalue weighted by Crippen LogP contribution is 2.27. The summed E-state index contributed by atoms with van der Waals surface area (Å²) in [5, 5.41) is 0. The first-order valence-electron chi connectivity index (χ1n) is 11.4. The van der Waals surface area contributed by atoms with Gasteiger partial charge in [-0.3, -0.25) is 14.3 Å². The molecule has 2 rings (SSSR count). The van der Waals surface area contributed by atoms with Crippen molar-refractivity contribution in [2.45, 2.75) is 32.9 Å². The Morgan fingerprint density at radius 2 is 1.94 bits per heavy atom. The van der Waals surface area contributed by atoms with Crippen LogP contribution in [0.3, 0.4) is 0 Å². The summed E-state index contributed by atoms with van der Waals surface area (Å²) in [4.78, 5) is 31.5. The highest BCUT2D eigenvalue weighted by atomic mass is 32.2. The van der Waals surface area contributed by atoms with Gasteiger partial charge in [0, 0.05) is 38.9 Å². The fourth-order valence-corrected chi connectivity index (χ4v) is 4.43. The highest BCUT2D eigenvalue weighted by molar-refractivity contribution is 7.92. The van der Waals surface area contributed by atoms with Gasteiger partial charge in [0.25, 0.3) is 5.91 Å². The molecule has 11 heteroatoms. The molecule has 34 heavy (non-hydrogen) atoms. The maximum absolute atomic E-state index is 13.3. The van der Waals surface area contributed by atoms with Gasteiger partial charge in [0.15, 0.2) is 0 Å². The van der Waals surface area contributed by atoms with Crippen molar-refractivity contribution >= 4 is 27.5 Å². The van der Waals surface area contributed by atoms with Crippen LogP contribution in [0.15, 0.2) is 18.2 Å².